The number of benzene rings is 2. The molecule has 2 saturated carbocycles. The number of allylic oxidation sites excluding steroid dienone is 1. The van der Waals surface area contributed by atoms with Crippen molar-refractivity contribution in [3.8, 4) is 11.5 Å². The van der Waals surface area contributed by atoms with Crippen LogP contribution in [0.3, 0.4) is 0 Å². The lowest BCUT2D eigenvalue weighted by Gasteiger charge is -2.48. The van der Waals surface area contributed by atoms with Crippen molar-refractivity contribution in [1.82, 2.24) is 0 Å². The molecule has 0 saturated heterocycles. The minimum absolute atomic E-state index is 0.159. The third-order valence-corrected chi connectivity index (χ3v) is 8.04. The molecule has 162 valence electrons. The summed E-state index contributed by atoms with van der Waals surface area (Å²) >= 11 is 0. The van der Waals surface area contributed by atoms with Gasteiger partial charge in [0.05, 0.1) is 13.4 Å². The lowest BCUT2D eigenvalue weighted by molar-refractivity contribution is -0.127. The third kappa shape index (κ3) is 3.24. The highest BCUT2D eigenvalue weighted by Crippen LogP contribution is 2.61. The van der Waals surface area contributed by atoms with Gasteiger partial charge in [-0.25, -0.2) is 0 Å². The zero-order valence-corrected chi connectivity index (χ0v) is 18.3. The number of Topliss-reactive ketones (excluding diaryl/α,β-unsaturated/α-hetero) is 1. The molecular weight excluding hydrogens is 388 g/mol. The largest absolute Gasteiger partial charge is 0.515 e. The predicted octanol–water partition coefficient (Wildman–Crippen LogP) is 5.75. The number of methoxy groups -OCH3 is 1. The Balaban J connectivity index is 1.43. The Morgan fingerprint density at radius 3 is 2.71 bits per heavy atom. The number of fused-ring (bicyclic) bond motifs is 5. The van der Waals surface area contributed by atoms with Crippen molar-refractivity contribution in [1.29, 1.82) is 0 Å². The number of rotatable bonds is 4. The number of hydrogen-bond acceptors (Lipinski definition) is 4. The quantitative estimate of drug-likeness (QED) is 0.507. The Bertz CT molecular complexity index is 1030. The highest BCUT2D eigenvalue weighted by Gasteiger charge is 2.56. The maximum atomic E-state index is 12.9. The minimum atomic E-state index is -0.323. The molecule has 0 aliphatic heterocycles. The number of hydrogen-bond donors (Lipinski definition) is 1. The van der Waals surface area contributed by atoms with Crippen LogP contribution in [0.25, 0.3) is 0 Å². The van der Waals surface area contributed by atoms with E-state index < -0.39 is 0 Å². The van der Waals surface area contributed by atoms with Crippen LogP contribution in [0.5, 0.6) is 11.5 Å². The monoisotopic (exact) mass is 418 g/mol. The molecule has 2 fully saturated rings. The molecule has 0 heterocycles. The standard InChI is InChI=1S/C27H30O4/c1-27-11-10-20-21(23(27)12-19(15-28)26(27)29)9-8-18-13-25(24(30-2)14-22(18)20)31-16-17-6-4-3-5-7-17/h3-7,13-15,20-21,23,28H,8-12,16H2,1-2H3/t20-,21+,23-,27-/m0/s1. The lowest BCUT2D eigenvalue weighted by atomic mass is 9.55. The topological polar surface area (TPSA) is 55.8 Å². The highest BCUT2D eigenvalue weighted by molar-refractivity contribution is 6.02. The van der Waals surface area contributed by atoms with Gasteiger partial charge in [-0.05, 0) is 78.7 Å². The maximum Gasteiger partial charge on any atom is 0.168 e. The van der Waals surface area contributed by atoms with Crippen LogP contribution in [0.4, 0.5) is 0 Å². The van der Waals surface area contributed by atoms with Crippen molar-refractivity contribution in [2.75, 3.05) is 7.11 Å². The number of carbonyl (C=O) groups is 1. The molecule has 3 aliphatic carbocycles. The number of carbonyl (C=O) groups excluding carboxylic acids is 1. The zero-order valence-electron chi connectivity index (χ0n) is 18.3. The second kappa shape index (κ2) is 7.74. The molecule has 4 atom stereocenters. The van der Waals surface area contributed by atoms with Crippen LogP contribution in [0, 0.1) is 17.3 Å². The van der Waals surface area contributed by atoms with E-state index in [1.807, 2.05) is 18.2 Å². The van der Waals surface area contributed by atoms with Crippen LogP contribution in [0.1, 0.15) is 55.2 Å². The average Bonchev–Trinajstić information content (AvgIpc) is 3.07. The normalized spacial score (nSPS) is 30.5. The summed E-state index contributed by atoms with van der Waals surface area (Å²) in [7, 11) is 1.70. The molecule has 2 aromatic carbocycles. The summed E-state index contributed by atoms with van der Waals surface area (Å²) in [5, 5.41) is 9.57. The van der Waals surface area contributed by atoms with E-state index in [1.165, 1.54) is 11.1 Å². The van der Waals surface area contributed by atoms with Crippen molar-refractivity contribution in [2.24, 2.45) is 17.3 Å². The van der Waals surface area contributed by atoms with E-state index in [2.05, 4.69) is 31.2 Å². The van der Waals surface area contributed by atoms with Crippen LogP contribution < -0.4 is 9.47 Å². The van der Waals surface area contributed by atoms with Crippen LogP contribution in [-0.2, 0) is 17.8 Å². The second-order valence-corrected chi connectivity index (χ2v) is 9.54. The number of ether oxygens (including phenoxy) is 2. The van der Waals surface area contributed by atoms with E-state index in [0.717, 1.165) is 49.0 Å². The van der Waals surface area contributed by atoms with Gasteiger partial charge in [-0.2, -0.15) is 0 Å². The number of ketones is 1. The van der Waals surface area contributed by atoms with Crippen molar-refractivity contribution in [3.63, 3.8) is 0 Å². The van der Waals surface area contributed by atoms with Gasteiger partial charge >= 0.3 is 0 Å². The van der Waals surface area contributed by atoms with Crippen LogP contribution in [0.2, 0.25) is 0 Å². The van der Waals surface area contributed by atoms with E-state index in [-0.39, 0.29) is 11.2 Å². The van der Waals surface area contributed by atoms with Crippen LogP contribution >= 0.6 is 0 Å². The Kier molecular flexibility index (Phi) is 5.04. The summed E-state index contributed by atoms with van der Waals surface area (Å²) in [5.74, 6) is 2.95. The van der Waals surface area contributed by atoms with Gasteiger partial charge in [0.25, 0.3) is 0 Å². The van der Waals surface area contributed by atoms with Gasteiger partial charge in [-0.1, -0.05) is 37.3 Å². The summed E-state index contributed by atoms with van der Waals surface area (Å²) in [6.45, 7) is 2.63. The molecule has 0 unspecified atom stereocenters. The van der Waals surface area contributed by atoms with Gasteiger partial charge in [-0.3, -0.25) is 4.79 Å². The minimum Gasteiger partial charge on any atom is -0.515 e. The van der Waals surface area contributed by atoms with E-state index in [4.69, 9.17) is 9.47 Å². The van der Waals surface area contributed by atoms with Gasteiger partial charge in [0.15, 0.2) is 17.3 Å². The Morgan fingerprint density at radius 1 is 1.16 bits per heavy atom. The molecule has 0 bridgehead atoms. The van der Waals surface area contributed by atoms with Gasteiger partial charge in [0.1, 0.15) is 6.61 Å². The molecule has 3 aliphatic rings. The summed E-state index contributed by atoms with van der Waals surface area (Å²) in [4.78, 5) is 12.9. The van der Waals surface area contributed by atoms with E-state index in [9.17, 15) is 9.90 Å². The molecule has 5 rings (SSSR count). The van der Waals surface area contributed by atoms with E-state index in [1.54, 1.807) is 7.11 Å². The Hall–Kier alpha value is -2.75. The first kappa shape index (κ1) is 20.2. The number of aliphatic hydroxyl groups is 1. The third-order valence-electron chi connectivity index (χ3n) is 8.04. The van der Waals surface area contributed by atoms with Gasteiger partial charge in [0.2, 0.25) is 0 Å². The van der Waals surface area contributed by atoms with Gasteiger partial charge < -0.3 is 14.6 Å². The molecule has 0 amide bonds. The SMILES string of the molecule is COc1cc2c(cc1OCc1ccccc1)CC[C@@H]1[C@@H]2CC[C@]2(C)C(=O)C(=CO)C[C@@H]12. The fraction of sp³-hybridized carbons (Fsp3) is 0.444. The smallest absolute Gasteiger partial charge is 0.168 e. The predicted molar refractivity (Wildman–Crippen MR) is 119 cm³/mol. The van der Waals surface area contributed by atoms with Crippen molar-refractivity contribution in [3.05, 3.63) is 71.0 Å². The highest BCUT2D eigenvalue weighted by atomic mass is 16.5. The summed E-state index contributed by atoms with van der Waals surface area (Å²) in [6.07, 6.45) is 5.70. The van der Waals surface area contributed by atoms with E-state index >= 15 is 0 Å². The molecule has 0 spiro atoms. The number of aliphatic hydroxyl groups excluding tert-OH is 1. The number of aryl methyl sites for hydroxylation is 1. The van der Waals surface area contributed by atoms with Crippen molar-refractivity contribution in [2.45, 2.75) is 51.6 Å². The second-order valence-electron chi connectivity index (χ2n) is 9.54. The summed E-state index contributed by atoms with van der Waals surface area (Å²) in [6, 6.07) is 14.5. The maximum absolute atomic E-state index is 12.9. The first-order valence-electron chi connectivity index (χ1n) is 11.3. The van der Waals surface area contributed by atoms with Crippen LogP contribution in [-0.4, -0.2) is 18.0 Å². The average molecular weight is 419 g/mol. The van der Waals surface area contributed by atoms with Gasteiger partial charge in [0, 0.05) is 11.0 Å². The van der Waals surface area contributed by atoms with Crippen LogP contribution in [0.15, 0.2) is 54.3 Å². The summed E-state index contributed by atoms with van der Waals surface area (Å²) < 4.78 is 11.9. The molecule has 1 N–H and O–H groups in total. The molecule has 4 heteroatoms. The zero-order chi connectivity index (χ0) is 21.6. The first-order valence-corrected chi connectivity index (χ1v) is 11.3. The Morgan fingerprint density at radius 2 is 1.97 bits per heavy atom. The molecule has 0 aromatic heterocycles. The molecule has 0 radical (unpaired) electrons. The first-order chi connectivity index (χ1) is 15.0. The van der Waals surface area contributed by atoms with Gasteiger partial charge in [-0.15, -0.1) is 0 Å². The lowest BCUT2D eigenvalue weighted by Crippen LogP contribution is -2.42. The fourth-order valence-corrected chi connectivity index (χ4v) is 6.37. The van der Waals surface area contributed by atoms with Crippen molar-refractivity contribution >= 4 is 5.78 Å². The molecular formula is C27H30O4. The Labute approximate surface area is 183 Å². The molecule has 4 nitrogen and oxygen atoms in total. The van der Waals surface area contributed by atoms with E-state index in [0.29, 0.717) is 36.4 Å². The van der Waals surface area contributed by atoms with Crippen molar-refractivity contribution < 1.29 is 19.4 Å². The molecule has 2 aromatic rings. The molecule has 31 heavy (non-hydrogen) atoms. The summed E-state index contributed by atoms with van der Waals surface area (Å²) in [5.41, 5.74) is 4.12. The fourth-order valence-electron chi connectivity index (χ4n) is 6.37.